The average Bonchev–Trinajstić information content (AvgIpc) is 3.17. The highest BCUT2D eigenvalue weighted by Crippen LogP contribution is 2.24. The number of hydrogen-bond donors (Lipinski definition) is 2. The molecule has 0 unspecified atom stereocenters. The van der Waals surface area contributed by atoms with Crippen LogP contribution in [-0.4, -0.2) is 24.1 Å². The number of sulfonamides is 1. The van der Waals surface area contributed by atoms with Gasteiger partial charge < -0.3 is 5.32 Å². The lowest BCUT2D eigenvalue weighted by Crippen LogP contribution is -2.17. The van der Waals surface area contributed by atoms with E-state index < -0.39 is 15.8 Å². The molecular formula is C19H19FN4O3S. The molecule has 0 fully saturated rings. The van der Waals surface area contributed by atoms with Crippen LogP contribution in [0.5, 0.6) is 0 Å². The molecule has 0 radical (unpaired) electrons. The van der Waals surface area contributed by atoms with Crippen LogP contribution in [0, 0.1) is 5.82 Å². The van der Waals surface area contributed by atoms with Crippen molar-refractivity contribution in [3.05, 3.63) is 72.8 Å². The Morgan fingerprint density at radius 1 is 1.04 bits per heavy atom. The summed E-state index contributed by atoms with van der Waals surface area (Å²) in [5.74, 6) is -0.762. The minimum atomic E-state index is -3.91. The van der Waals surface area contributed by atoms with E-state index in [-0.39, 0.29) is 22.9 Å². The van der Waals surface area contributed by atoms with Crippen molar-refractivity contribution in [2.75, 3.05) is 10.0 Å². The van der Waals surface area contributed by atoms with E-state index in [1.54, 1.807) is 35.1 Å². The molecule has 9 heteroatoms. The van der Waals surface area contributed by atoms with E-state index in [9.17, 15) is 17.6 Å². The molecule has 28 heavy (non-hydrogen) atoms. The lowest BCUT2D eigenvalue weighted by molar-refractivity contribution is -0.116. The number of halogens is 1. The van der Waals surface area contributed by atoms with Crippen molar-refractivity contribution < 1.29 is 17.6 Å². The third-order valence-corrected chi connectivity index (χ3v) is 5.30. The lowest BCUT2D eigenvalue weighted by Gasteiger charge is -2.13. The van der Waals surface area contributed by atoms with Crippen LogP contribution in [0.4, 0.5) is 15.8 Å². The predicted molar refractivity (Wildman–Crippen MR) is 104 cm³/mol. The molecule has 0 bridgehead atoms. The molecule has 1 amide bonds. The molecule has 0 aliphatic heterocycles. The second-order valence-corrected chi connectivity index (χ2v) is 7.71. The first-order valence-electron chi connectivity index (χ1n) is 8.59. The molecule has 0 aliphatic rings. The summed E-state index contributed by atoms with van der Waals surface area (Å²) in [7, 11) is -3.91. The third-order valence-electron chi connectivity index (χ3n) is 3.92. The summed E-state index contributed by atoms with van der Waals surface area (Å²) in [6.45, 7) is 0.610. The zero-order chi connectivity index (χ0) is 20.0. The van der Waals surface area contributed by atoms with Gasteiger partial charge in [-0.3, -0.25) is 14.2 Å². The number of nitrogens with zero attached hydrogens (tertiary/aromatic N) is 2. The van der Waals surface area contributed by atoms with E-state index in [2.05, 4.69) is 15.1 Å². The van der Waals surface area contributed by atoms with Gasteiger partial charge in [-0.25, -0.2) is 12.8 Å². The van der Waals surface area contributed by atoms with Crippen LogP contribution >= 0.6 is 0 Å². The summed E-state index contributed by atoms with van der Waals surface area (Å²) in [5.41, 5.74) is 0.574. The Bertz CT molecular complexity index is 1040. The molecular weight excluding hydrogens is 383 g/mol. The Balaban J connectivity index is 1.65. The molecule has 0 spiro atoms. The number of aryl methyl sites for hydroxylation is 1. The summed E-state index contributed by atoms with van der Waals surface area (Å²) in [5, 5.41) is 6.79. The second kappa shape index (κ2) is 8.66. The van der Waals surface area contributed by atoms with Crippen LogP contribution in [0.25, 0.3) is 0 Å². The lowest BCUT2D eigenvalue weighted by atomic mass is 10.2. The fourth-order valence-electron chi connectivity index (χ4n) is 2.55. The number of carbonyl (C=O) groups excluding carboxylic acids is 1. The molecule has 2 N–H and O–H groups in total. The van der Waals surface area contributed by atoms with Gasteiger partial charge in [0.05, 0.1) is 16.3 Å². The van der Waals surface area contributed by atoms with E-state index in [0.717, 1.165) is 12.1 Å². The van der Waals surface area contributed by atoms with Crippen LogP contribution in [0.3, 0.4) is 0 Å². The molecule has 146 valence electrons. The quantitative estimate of drug-likeness (QED) is 0.605. The van der Waals surface area contributed by atoms with Crippen molar-refractivity contribution in [3.63, 3.8) is 0 Å². The predicted octanol–water partition coefficient (Wildman–Crippen LogP) is 3.24. The smallest absolute Gasteiger partial charge is 0.261 e. The fraction of sp³-hybridized carbons (Fsp3) is 0.158. The third kappa shape index (κ3) is 5.17. The number of amides is 1. The van der Waals surface area contributed by atoms with Gasteiger partial charge in [0.15, 0.2) is 0 Å². The maximum atomic E-state index is 13.0. The normalized spacial score (nSPS) is 11.2. The highest BCUT2D eigenvalue weighted by atomic mass is 32.2. The Kier molecular flexibility index (Phi) is 6.05. The molecule has 0 saturated carbocycles. The summed E-state index contributed by atoms with van der Waals surface area (Å²) < 4.78 is 42.2. The van der Waals surface area contributed by atoms with E-state index in [1.807, 2.05) is 12.3 Å². The average molecular weight is 402 g/mol. The zero-order valence-electron chi connectivity index (χ0n) is 14.9. The van der Waals surface area contributed by atoms with E-state index in [4.69, 9.17) is 0 Å². The van der Waals surface area contributed by atoms with Crippen molar-refractivity contribution >= 4 is 27.3 Å². The van der Waals surface area contributed by atoms with Crippen LogP contribution in [0.2, 0.25) is 0 Å². The number of anilines is 2. The Morgan fingerprint density at radius 3 is 2.43 bits per heavy atom. The van der Waals surface area contributed by atoms with Crippen LogP contribution in [-0.2, 0) is 21.4 Å². The number of hydrogen-bond acceptors (Lipinski definition) is 4. The van der Waals surface area contributed by atoms with Gasteiger partial charge in [0, 0.05) is 25.4 Å². The van der Waals surface area contributed by atoms with Gasteiger partial charge in [-0.05, 0) is 48.9 Å². The summed E-state index contributed by atoms with van der Waals surface area (Å²) in [4.78, 5) is 12.1. The Hall–Kier alpha value is -3.20. The topological polar surface area (TPSA) is 93.1 Å². The van der Waals surface area contributed by atoms with Gasteiger partial charge in [-0.1, -0.05) is 12.1 Å². The molecule has 1 heterocycles. The fourth-order valence-corrected chi connectivity index (χ4v) is 3.63. The molecule has 7 nitrogen and oxygen atoms in total. The standard InChI is InChI=1S/C19H19FN4O3S/c20-15-8-10-16(11-9-15)28(26,27)23-18-6-2-1-5-17(18)22-19(25)7-3-13-24-14-4-12-21-24/h1-2,4-6,8-12,14,23H,3,7,13H2,(H,22,25). The van der Waals surface area contributed by atoms with Crippen molar-refractivity contribution in [1.82, 2.24) is 9.78 Å². The maximum absolute atomic E-state index is 13.0. The van der Waals surface area contributed by atoms with E-state index in [0.29, 0.717) is 18.7 Å². The van der Waals surface area contributed by atoms with Gasteiger partial charge in [-0.15, -0.1) is 0 Å². The minimum absolute atomic E-state index is 0.0748. The Labute approximate surface area is 162 Å². The van der Waals surface area contributed by atoms with E-state index in [1.165, 1.54) is 12.1 Å². The van der Waals surface area contributed by atoms with Crippen LogP contribution in [0.1, 0.15) is 12.8 Å². The van der Waals surface area contributed by atoms with Gasteiger partial charge in [0.1, 0.15) is 5.82 Å². The molecule has 2 aromatic carbocycles. The number of carbonyl (C=O) groups is 1. The summed E-state index contributed by atoms with van der Waals surface area (Å²) in [6.07, 6.45) is 4.34. The van der Waals surface area contributed by atoms with Crippen LogP contribution in [0.15, 0.2) is 71.9 Å². The zero-order valence-corrected chi connectivity index (χ0v) is 15.7. The molecule has 3 aromatic rings. The summed E-state index contributed by atoms with van der Waals surface area (Å²) >= 11 is 0. The second-order valence-electron chi connectivity index (χ2n) is 6.03. The number of nitrogens with one attached hydrogen (secondary N) is 2. The van der Waals surface area contributed by atoms with E-state index >= 15 is 0 Å². The number of rotatable bonds is 8. The van der Waals surface area contributed by atoms with Gasteiger partial charge in [-0.2, -0.15) is 5.10 Å². The minimum Gasteiger partial charge on any atom is -0.324 e. The first-order chi connectivity index (χ1) is 13.4. The maximum Gasteiger partial charge on any atom is 0.261 e. The van der Waals surface area contributed by atoms with Crippen molar-refractivity contribution in [2.45, 2.75) is 24.3 Å². The number of benzene rings is 2. The monoisotopic (exact) mass is 402 g/mol. The Morgan fingerprint density at radius 2 is 1.75 bits per heavy atom. The highest BCUT2D eigenvalue weighted by Gasteiger charge is 2.16. The summed E-state index contributed by atoms with van der Waals surface area (Å²) in [6, 6.07) is 12.8. The SMILES string of the molecule is O=C(CCCn1cccn1)Nc1ccccc1NS(=O)(=O)c1ccc(F)cc1. The number of aromatic nitrogens is 2. The molecule has 1 aromatic heterocycles. The van der Waals surface area contributed by atoms with Crippen molar-refractivity contribution in [2.24, 2.45) is 0 Å². The molecule has 3 rings (SSSR count). The van der Waals surface area contributed by atoms with Gasteiger partial charge >= 0.3 is 0 Å². The van der Waals surface area contributed by atoms with Crippen molar-refractivity contribution in [3.8, 4) is 0 Å². The highest BCUT2D eigenvalue weighted by molar-refractivity contribution is 7.92. The first kappa shape index (κ1) is 19.6. The molecule has 0 saturated heterocycles. The molecule has 0 aliphatic carbocycles. The van der Waals surface area contributed by atoms with Gasteiger partial charge in [0.25, 0.3) is 10.0 Å². The first-order valence-corrected chi connectivity index (χ1v) is 10.1. The molecule has 0 atom stereocenters. The largest absolute Gasteiger partial charge is 0.324 e. The van der Waals surface area contributed by atoms with Crippen molar-refractivity contribution in [1.29, 1.82) is 0 Å². The van der Waals surface area contributed by atoms with Gasteiger partial charge in [0.2, 0.25) is 5.91 Å². The van der Waals surface area contributed by atoms with Crippen LogP contribution < -0.4 is 10.0 Å². The number of para-hydroxylation sites is 2.